The molecule has 0 saturated carbocycles. The van der Waals surface area contributed by atoms with Gasteiger partial charge in [0, 0.05) is 0 Å². The lowest BCUT2D eigenvalue weighted by Gasteiger charge is -2.07. The molecule has 0 spiro atoms. The Morgan fingerprint density at radius 2 is 1.70 bits per heavy atom. The number of anilines is 1. The molecule has 5 heteroatoms. The van der Waals surface area contributed by atoms with E-state index in [1.54, 1.807) is 18.2 Å². The highest BCUT2D eigenvalue weighted by Gasteiger charge is 2.14. The maximum absolute atomic E-state index is 12.2. The van der Waals surface area contributed by atoms with Gasteiger partial charge in [-0.2, -0.15) is 0 Å². The molecule has 0 aliphatic heterocycles. The van der Waals surface area contributed by atoms with Crippen molar-refractivity contribution in [1.29, 1.82) is 0 Å². The van der Waals surface area contributed by atoms with Crippen molar-refractivity contribution in [2.75, 3.05) is 5.73 Å². The summed E-state index contributed by atoms with van der Waals surface area (Å²) in [6, 6.07) is 12.4. The molecule has 106 valence electrons. The molecular formula is C15H16ClNO2S. The Morgan fingerprint density at radius 1 is 1.05 bits per heavy atom. The number of aryl methyl sites for hydroxylation is 1. The summed E-state index contributed by atoms with van der Waals surface area (Å²) in [5, 5.41) is 0.435. The zero-order valence-electron chi connectivity index (χ0n) is 11.1. The first-order valence-electron chi connectivity index (χ1n) is 6.15. The molecule has 0 bridgehead atoms. The van der Waals surface area contributed by atoms with E-state index in [0.717, 1.165) is 11.1 Å². The molecule has 0 atom stereocenters. The van der Waals surface area contributed by atoms with Crippen molar-refractivity contribution in [2.45, 2.75) is 18.4 Å². The Hall–Kier alpha value is -1.52. The lowest BCUT2D eigenvalue weighted by atomic mass is 10.2. The second-order valence-corrected chi connectivity index (χ2v) is 7.35. The van der Waals surface area contributed by atoms with E-state index in [0.29, 0.717) is 16.3 Å². The van der Waals surface area contributed by atoms with Gasteiger partial charge >= 0.3 is 0 Å². The first kappa shape index (κ1) is 14.9. The topological polar surface area (TPSA) is 60.2 Å². The third-order valence-corrected chi connectivity index (χ3v) is 4.81. The molecule has 20 heavy (non-hydrogen) atoms. The van der Waals surface area contributed by atoms with Crippen molar-refractivity contribution < 1.29 is 8.42 Å². The van der Waals surface area contributed by atoms with Crippen LogP contribution in [0.3, 0.4) is 0 Å². The second kappa shape index (κ2) is 5.85. The fourth-order valence-corrected chi connectivity index (χ4v) is 3.64. The lowest BCUT2D eigenvalue weighted by molar-refractivity contribution is 0.594. The monoisotopic (exact) mass is 309 g/mol. The lowest BCUT2D eigenvalue weighted by Crippen LogP contribution is -2.08. The number of halogens is 1. The molecule has 2 aromatic rings. The summed E-state index contributed by atoms with van der Waals surface area (Å²) < 4.78 is 24.4. The van der Waals surface area contributed by atoms with Crippen LogP contribution in [-0.4, -0.2) is 8.42 Å². The minimum atomic E-state index is -3.23. The third kappa shape index (κ3) is 3.99. The first-order valence-corrected chi connectivity index (χ1v) is 8.35. The van der Waals surface area contributed by atoms with E-state index >= 15 is 0 Å². The molecule has 0 heterocycles. The molecule has 0 aliphatic rings. The highest BCUT2D eigenvalue weighted by atomic mass is 35.5. The van der Waals surface area contributed by atoms with Gasteiger partial charge < -0.3 is 5.73 Å². The number of sulfone groups is 1. The van der Waals surface area contributed by atoms with Gasteiger partial charge in [0.05, 0.1) is 22.2 Å². The van der Waals surface area contributed by atoms with Crippen molar-refractivity contribution in [3.8, 4) is 0 Å². The molecule has 0 amide bonds. The number of benzene rings is 2. The van der Waals surface area contributed by atoms with Gasteiger partial charge in [0.25, 0.3) is 0 Å². The highest BCUT2D eigenvalue weighted by Crippen LogP contribution is 2.21. The van der Waals surface area contributed by atoms with Crippen LogP contribution >= 0.6 is 11.6 Å². The van der Waals surface area contributed by atoms with Crippen molar-refractivity contribution in [2.24, 2.45) is 0 Å². The van der Waals surface area contributed by atoms with Crippen LogP contribution in [0.4, 0.5) is 5.69 Å². The zero-order chi connectivity index (χ0) is 14.8. The van der Waals surface area contributed by atoms with Gasteiger partial charge in [0.15, 0.2) is 9.84 Å². The SMILES string of the molecule is Cc1cccc(CS(=O)(=O)Cc2ccc(Cl)c(N)c2)c1. The summed E-state index contributed by atoms with van der Waals surface area (Å²) in [5.41, 5.74) is 8.58. The molecular weight excluding hydrogens is 294 g/mol. The Balaban J connectivity index is 2.17. The van der Waals surface area contributed by atoms with Crippen LogP contribution in [-0.2, 0) is 21.3 Å². The minimum absolute atomic E-state index is 0.0250. The predicted molar refractivity (Wildman–Crippen MR) is 83.4 cm³/mol. The van der Waals surface area contributed by atoms with Gasteiger partial charge in [-0.3, -0.25) is 0 Å². The van der Waals surface area contributed by atoms with Gasteiger partial charge in [-0.15, -0.1) is 0 Å². The number of nitrogens with two attached hydrogens (primary N) is 1. The Kier molecular flexibility index (Phi) is 4.35. The summed E-state index contributed by atoms with van der Waals surface area (Å²) in [6.07, 6.45) is 0. The Bertz CT molecular complexity index is 726. The molecule has 2 rings (SSSR count). The van der Waals surface area contributed by atoms with Crippen molar-refractivity contribution >= 4 is 27.1 Å². The molecule has 0 fully saturated rings. The van der Waals surface area contributed by atoms with E-state index in [4.69, 9.17) is 17.3 Å². The Morgan fingerprint density at radius 3 is 2.30 bits per heavy atom. The maximum atomic E-state index is 12.2. The van der Waals surface area contributed by atoms with E-state index in [1.165, 1.54) is 0 Å². The fraction of sp³-hybridized carbons (Fsp3) is 0.200. The van der Waals surface area contributed by atoms with Crippen LogP contribution in [0.15, 0.2) is 42.5 Å². The first-order chi connectivity index (χ1) is 9.35. The van der Waals surface area contributed by atoms with Gasteiger partial charge in [0.2, 0.25) is 0 Å². The highest BCUT2D eigenvalue weighted by molar-refractivity contribution is 7.89. The van der Waals surface area contributed by atoms with E-state index in [2.05, 4.69) is 0 Å². The number of nitrogen functional groups attached to an aromatic ring is 1. The van der Waals surface area contributed by atoms with Crippen LogP contribution in [0.25, 0.3) is 0 Å². The van der Waals surface area contributed by atoms with E-state index in [9.17, 15) is 8.42 Å². The molecule has 0 unspecified atom stereocenters. The van der Waals surface area contributed by atoms with Crippen LogP contribution in [0, 0.1) is 6.92 Å². The van der Waals surface area contributed by atoms with Crippen LogP contribution < -0.4 is 5.73 Å². The Labute approximate surface area is 124 Å². The van der Waals surface area contributed by atoms with Gasteiger partial charge in [-0.25, -0.2) is 8.42 Å². The van der Waals surface area contributed by atoms with Crippen LogP contribution in [0.5, 0.6) is 0 Å². The van der Waals surface area contributed by atoms with E-state index in [1.807, 2.05) is 31.2 Å². The summed E-state index contributed by atoms with van der Waals surface area (Å²) >= 11 is 5.82. The normalized spacial score (nSPS) is 11.5. The number of hydrogen-bond acceptors (Lipinski definition) is 3. The molecule has 0 saturated heterocycles. The van der Waals surface area contributed by atoms with Gasteiger partial charge in [-0.05, 0) is 30.2 Å². The quantitative estimate of drug-likeness (QED) is 0.881. The molecule has 2 aromatic carbocycles. The molecule has 0 radical (unpaired) electrons. The molecule has 2 N–H and O–H groups in total. The fourth-order valence-electron chi connectivity index (χ4n) is 2.04. The van der Waals surface area contributed by atoms with Crippen LogP contribution in [0.1, 0.15) is 16.7 Å². The average molecular weight is 310 g/mol. The molecule has 3 nitrogen and oxygen atoms in total. The minimum Gasteiger partial charge on any atom is -0.398 e. The summed E-state index contributed by atoms with van der Waals surface area (Å²) in [6.45, 7) is 1.94. The maximum Gasteiger partial charge on any atom is 0.158 e. The third-order valence-electron chi connectivity index (χ3n) is 2.92. The van der Waals surface area contributed by atoms with Crippen molar-refractivity contribution in [3.63, 3.8) is 0 Å². The molecule has 0 aromatic heterocycles. The smallest absolute Gasteiger partial charge is 0.158 e. The largest absolute Gasteiger partial charge is 0.398 e. The van der Waals surface area contributed by atoms with Crippen LogP contribution in [0.2, 0.25) is 5.02 Å². The van der Waals surface area contributed by atoms with Crippen molar-refractivity contribution in [1.82, 2.24) is 0 Å². The van der Waals surface area contributed by atoms with E-state index < -0.39 is 9.84 Å². The zero-order valence-corrected chi connectivity index (χ0v) is 12.7. The number of hydrogen-bond donors (Lipinski definition) is 1. The van der Waals surface area contributed by atoms with Gasteiger partial charge in [-0.1, -0.05) is 47.5 Å². The summed E-state index contributed by atoms with van der Waals surface area (Å²) in [4.78, 5) is 0. The standard InChI is InChI=1S/C15H16ClNO2S/c1-11-3-2-4-12(7-11)9-20(18,19)10-13-5-6-14(16)15(17)8-13/h2-8H,9-10,17H2,1H3. The van der Waals surface area contributed by atoms with E-state index in [-0.39, 0.29) is 11.5 Å². The second-order valence-electron chi connectivity index (χ2n) is 4.88. The summed E-state index contributed by atoms with van der Waals surface area (Å²) in [7, 11) is -3.23. The average Bonchev–Trinajstić information content (AvgIpc) is 2.33. The summed E-state index contributed by atoms with van der Waals surface area (Å²) in [5.74, 6) is -0.0144. The number of rotatable bonds is 4. The van der Waals surface area contributed by atoms with Gasteiger partial charge in [0.1, 0.15) is 0 Å². The predicted octanol–water partition coefficient (Wildman–Crippen LogP) is 3.35. The molecule has 0 aliphatic carbocycles. The van der Waals surface area contributed by atoms with Crippen molar-refractivity contribution in [3.05, 3.63) is 64.2 Å².